The minimum atomic E-state index is -3.92. The number of hydrogen-bond acceptors (Lipinski definition) is 4. The zero-order valence-corrected chi connectivity index (χ0v) is 13.3. The first-order valence-corrected chi connectivity index (χ1v) is 8.72. The summed E-state index contributed by atoms with van der Waals surface area (Å²) in [5, 5.41) is 5.19. The third-order valence-electron chi connectivity index (χ3n) is 3.60. The van der Waals surface area contributed by atoms with Gasteiger partial charge in [0.05, 0.1) is 10.5 Å². The van der Waals surface area contributed by atoms with Crippen LogP contribution in [-0.2, 0) is 14.8 Å². The average molecular weight is 332 g/mol. The van der Waals surface area contributed by atoms with E-state index in [0.29, 0.717) is 5.92 Å². The molecule has 2 rings (SSSR count). The van der Waals surface area contributed by atoms with Crippen LogP contribution in [0.3, 0.4) is 0 Å². The average Bonchev–Trinajstić information content (AvgIpc) is 2.37. The van der Waals surface area contributed by atoms with Crippen molar-refractivity contribution in [3.05, 3.63) is 28.8 Å². The predicted molar refractivity (Wildman–Crippen MR) is 79.7 cm³/mol. The smallest absolute Gasteiger partial charge is 0.338 e. The summed E-state index contributed by atoms with van der Waals surface area (Å²) < 4.78 is 28.2. The van der Waals surface area contributed by atoms with E-state index < -0.39 is 16.0 Å². The van der Waals surface area contributed by atoms with Gasteiger partial charge in [-0.15, -0.1) is 0 Å². The summed E-state index contributed by atoms with van der Waals surface area (Å²) in [4.78, 5) is 11.9. The number of hydrogen-bond donors (Lipinski definition) is 1. The zero-order valence-electron chi connectivity index (χ0n) is 11.7. The molecule has 21 heavy (non-hydrogen) atoms. The van der Waals surface area contributed by atoms with Crippen LogP contribution in [0.4, 0.5) is 0 Å². The first kappa shape index (κ1) is 16.3. The summed E-state index contributed by atoms with van der Waals surface area (Å²) in [6, 6.07) is 3.77. The minimum absolute atomic E-state index is 0.102. The lowest BCUT2D eigenvalue weighted by molar-refractivity contribution is 0.0155. The molecule has 1 saturated carbocycles. The Morgan fingerprint density at radius 1 is 1.33 bits per heavy atom. The highest BCUT2D eigenvalue weighted by atomic mass is 35.5. The van der Waals surface area contributed by atoms with Crippen molar-refractivity contribution in [3.63, 3.8) is 0 Å². The Morgan fingerprint density at radius 3 is 2.67 bits per heavy atom. The number of primary sulfonamides is 1. The first-order chi connectivity index (χ1) is 9.75. The van der Waals surface area contributed by atoms with Gasteiger partial charge in [-0.1, -0.05) is 24.9 Å². The summed E-state index contributed by atoms with van der Waals surface area (Å²) in [6.07, 6.45) is 3.70. The Bertz CT molecular complexity index is 644. The van der Waals surface area contributed by atoms with Crippen molar-refractivity contribution in [3.8, 4) is 0 Å². The molecule has 1 fully saturated rings. The van der Waals surface area contributed by atoms with Gasteiger partial charge in [0.25, 0.3) is 0 Å². The Morgan fingerprint density at radius 2 is 2.05 bits per heavy atom. The van der Waals surface area contributed by atoms with Gasteiger partial charge in [0.15, 0.2) is 0 Å². The van der Waals surface area contributed by atoms with Gasteiger partial charge in [-0.2, -0.15) is 0 Å². The molecule has 116 valence electrons. The second-order valence-corrected chi connectivity index (χ2v) is 7.52. The fourth-order valence-corrected chi connectivity index (χ4v) is 3.43. The molecule has 7 heteroatoms. The monoisotopic (exact) mass is 331 g/mol. The summed E-state index contributed by atoms with van der Waals surface area (Å²) in [7, 11) is -3.92. The topological polar surface area (TPSA) is 86.5 Å². The lowest BCUT2D eigenvalue weighted by Gasteiger charge is -2.26. The molecule has 0 saturated heterocycles. The highest BCUT2D eigenvalue weighted by molar-refractivity contribution is 7.89. The van der Waals surface area contributed by atoms with Crippen LogP contribution in [-0.4, -0.2) is 20.5 Å². The van der Waals surface area contributed by atoms with E-state index in [0.717, 1.165) is 25.7 Å². The second-order valence-electron chi connectivity index (χ2n) is 5.52. The zero-order chi connectivity index (χ0) is 15.6. The quantitative estimate of drug-likeness (QED) is 0.863. The van der Waals surface area contributed by atoms with Crippen LogP contribution < -0.4 is 5.14 Å². The first-order valence-electron chi connectivity index (χ1n) is 6.80. The maximum Gasteiger partial charge on any atom is 0.338 e. The number of rotatable bonds is 3. The van der Waals surface area contributed by atoms with E-state index in [9.17, 15) is 13.2 Å². The van der Waals surface area contributed by atoms with Crippen LogP contribution in [0.25, 0.3) is 0 Å². The molecule has 0 aromatic heterocycles. The van der Waals surface area contributed by atoms with Gasteiger partial charge in [0.1, 0.15) is 6.10 Å². The lowest BCUT2D eigenvalue weighted by atomic mass is 9.89. The van der Waals surface area contributed by atoms with Gasteiger partial charge >= 0.3 is 5.97 Å². The number of ether oxygens (including phenoxy) is 1. The summed E-state index contributed by atoms with van der Waals surface area (Å²) in [6.45, 7) is 2.12. The van der Waals surface area contributed by atoms with Crippen molar-refractivity contribution >= 4 is 27.6 Å². The van der Waals surface area contributed by atoms with Gasteiger partial charge in [0.2, 0.25) is 10.0 Å². The van der Waals surface area contributed by atoms with E-state index in [1.54, 1.807) is 0 Å². The van der Waals surface area contributed by atoms with Crippen molar-refractivity contribution in [1.29, 1.82) is 0 Å². The van der Waals surface area contributed by atoms with Crippen LogP contribution >= 0.6 is 11.6 Å². The van der Waals surface area contributed by atoms with Crippen molar-refractivity contribution in [1.82, 2.24) is 0 Å². The number of esters is 1. The van der Waals surface area contributed by atoms with Crippen LogP contribution in [0.2, 0.25) is 5.02 Å². The van der Waals surface area contributed by atoms with E-state index in [1.165, 1.54) is 18.2 Å². The molecule has 0 radical (unpaired) electrons. The Hall–Kier alpha value is -1.11. The van der Waals surface area contributed by atoms with Gasteiger partial charge < -0.3 is 4.74 Å². The molecule has 0 spiro atoms. The van der Waals surface area contributed by atoms with Crippen LogP contribution in [0.5, 0.6) is 0 Å². The Labute approximate surface area is 129 Å². The van der Waals surface area contributed by atoms with E-state index in [4.69, 9.17) is 21.5 Å². The summed E-state index contributed by atoms with van der Waals surface area (Å²) in [5.41, 5.74) is 0.102. The maximum absolute atomic E-state index is 12.1. The van der Waals surface area contributed by atoms with Crippen LogP contribution in [0, 0.1) is 5.92 Å². The molecule has 5 nitrogen and oxygen atoms in total. The molecule has 0 aliphatic heterocycles. The van der Waals surface area contributed by atoms with E-state index in [2.05, 4.69) is 6.92 Å². The van der Waals surface area contributed by atoms with Crippen molar-refractivity contribution in [2.45, 2.75) is 43.6 Å². The van der Waals surface area contributed by atoms with Gasteiger partial charge in [-0.3, -0.25) is 0 Å². The summed E-state index contributed by atoms with van der Waals surface area (Å²) >= 11 is 5.84. The molecule has 1 aliphatic rings. The van der Waals surface area contributed by atoms with Gasteiger partial charge in [0, 0.05) is 5.02 Å². The fraction of sp³-hybridized carbons (Fsp3) is 0.500. The number of sulfonamides is 1. The van der Waals surface area contributed by atoms with E-state index in [1.807, 2.05) is 0 Å². The Kier molecular flexibility index (Phi) is 4.91. The molecule has 1 aliphatic carbocycles. The molecule has 2 atom stereocenters. The SMILES string of the molecule is CC1CCCC(OC(=O)c2cc(Cl)cc(S(N)(=O)=O)c2)C1. The number of carbonyl (C=O) groups excluding carboxylic acids is 1. The van der Waals surface area contributed by atoms with Gasteiger partial charge in [-0.25, -0.2) is 18.4 Å². The minimum Gasteiger partial charge on any atom is -0.459 e. The van der Waals surface area contributed by atoms with Gasteiger partial charge in [-0.05, 0) is 43.4 Å². The van der Waals surface area contributed by atoms with E-state index in [-0.39, 0.29) is 21.6 Å². The highest BCUT2D eigenvalue weighted by Crippen LogP contribution is 2.27. The molecular weight excluding hydrogens is 314 g/mol. The normalized spacial score (nSPS) is 22.8. The maximum atomic E-state index is 12.1. The molecule has 0 bridgehead atoms. The second kappa shape index (κ2) is 6.34. The largest absolute Gasteiger partial charge is 0.459 e. The fourth-order valence-electron chi connectivity index (χ4n) is 2.55. The van der Waals surface area contributed by atoms with E-state index >= 15 is 0 Å². The molecule has 0 amide bonds. The molecule has 1 aromatic carbocycles. The lowest BCUT2D eigenvalue weighted by Crippen LogP contribution is -2.24. The molecular formula is C14H18ClNO4S. The molecule has 2 unspecified atom stereocenters. The Balaban J connectivity index is 2.17. The summed E-state index contributed by atoms with van der Waals surface area (Å²) in [5.74, 6) is -0.0441. The van der Waals surface area contributed by atoms with Crippen molar-refractivity contribution in [2.75, 3.05) is 0 Å². The predicted octanol–water partition coefficient (Wildman–Crippen LogP) is 2.72. The van der Waals surface area contributed by atoms with Crippen LogP contribution in [0.15, 0.2) is 23.1 Å². The number of nitrogens with two attached hydrogens (primary N) is 1. The molecule has 2 N–H and O–H groups in total. The third-order valence-corrected chi connectivity index (χ3v) is 4.71. The number of benzene rings is 1. The molecule has 0 heterocycles. The highest BCUT2D eigenvalue weighted by Gasteiger charge is 2.23. The van der Waals surface area contributed by atoms with Crippen molar-refractivity contribution < 1.29 is 17.9 Å². The van der Waals surface area contributed by atoms with Crippen LogP contribution in [0.1, 0.15) is 43.0 Å². The van der Waals surface area contributed by atoms with Crippen molar-refractivity contribution in [2.24, 2.45) is 11.1 Å². The third kappa shape index (κ3) is 4.43. The standard InChI is InChI=1S/C14H18ClNO4S/c1-9-3-2-4-12(5-9)20-14(17)10-6-11(15)8-13(7-10)21(16,18)19/h6-9,12H,2-5H2,1H3,(H2,16,18,19). The number of carbonyl (C=O) groups is 1. The number of halogens is 1. The molecule has 1 aromatic rings.